The molecular formula is C6H4N7O4S+. The zero-order chi connectivity index (χ0) is 13.9. The van der Waals surface area contributed by atoms with Crippen LogP contribution in [0.3, 0.4) is 0 Å². The summed E-state index contributed by atoms with van der Waals surface area (Å²) in [7, 11) is -4.40. The van der Waals surface area contributed by atoms with E-state index in [1.165, 1.54) is 0 Å². The number of nitrogens with zero attached hydrogens (tertiary/aromatic N) is 5. The van der Waals surface area contributed by atoms with Gasteiger partial charge in [-0.05, 0) is 0 Å². The molecule has 0 heterocycles. The molecule has 0 unspecified atom stereocenters. The minimum Gasteiger partial charge on any atom is -0.285 e. The minimum atomic E-state index is -4.40. The molecule has 0 amide bonds. The number of primary sulfonamides is 1. The van der Waals surface area contributed by atoms with Crippen LogP contribution in [0.15, 0.2) is 36.0 Å². The molecule has 11 nitrogen and oxygen atoms in total. The number of sulfonamides is 1. The molecule has 0 fully saturated rings. The average Bonchev–Trinajstić information content (AvgIpc) is 2.27. The van der Waals surface area contributed by atoms with Gasteiger partial charge in [-0.1, -0.05) is 5.22 Å². The van der Waals surface area contributed by atoms with Crippen LogP contribution in [0.1, 0.15) is 0 Å². The van der Waals surface area contributed by atoms with E-state index in [1.807, 2.05) is 0 Å². The lowest BCUT2D eigenvalue weighted by Gasteiger charge is -1.93. The molecule has 3 N–H and O–H groups in total. The summed E-state index contributed by atoms with van der Waals surface area (Å²) in [4.78, 5) is 21.7. The average molecular weight is 270 g/mol. The Bertz CT molecular complexity index is 868. The van der Waals surface area contributed by atoms with Crippen LogP contribution in [0.4, 0.5) is 0 Å². The molecule has 0 saturated carbocycles. The van der Waals surface area contributed by atoms with E-state index in [1.54, 1.807) is 0 Å². The summed E-state index contributed by atoms with van der Waals surface area (Å²) in [6.45, 7) is 0. The molecule has 0 radical (unpaired) electrons. The number of nitrogens with one attached hydrogen (secondary N) is 1. The highest BCUT2D eigenvalue weighted by atomic mass is 32.2. The normalized spacial score (nSPS) is 13.3. The summed E-state index contributed by atoms with van der Waals surface area (Å²) in [5, 5.41) is 22.2. The number of hydrogen-bond donors (Lipinski definition) is 2. The predicted molar refractivity (Wildman–Crippen MR) is 54.1 cm³/mol. The highest BCUT2D eigenvalue weighted by Crippen LogP contribution is 1.92. The van der Waals surface area contributed by atoms with Crippen molar-refractivity contribution >= 4 is 10.0 Å². The van der Waals surface area contributed by atoms with E-state index in [-0.39, 0.29) is 0 Å². The molecule has 0 aliphatic rings. The van der Waals surface area contributed by atoms with Gasteiger partial charge in [0, 0.05) is 6.07 Å². The Morgan fingerprint density at radius 1 is 1.33 bits per heavy atom. The quantitative estimate of drug-likeness (QED) is 0.259. The van der Waals surface area contributed by atoms with Gasteiger partial charge in [-0.2, -0.15) is 5.53 Å². The van der Waals surface area contributed by atoms with Crippen molar-refractivity contribution in [3.05, 3.63) is 42.3 Å². The van der Waals surface area contributed by atoms with Crippen LogP contribution < -0.4 is 26.7 Å². The highest BCUT2D eigenvalue weighted by molar-refractivity contribution is 7.89. The summed E-state index contributed by atoms with van der Waals surface area (Å²) in [6, 6.07) is 0.421. The van der Waals surface area contributed by atoms with Gasteiger partial charge in [0.25, 0.3) is 10.8 Å². The second kappa shape index (κ2) is 4.69. The van der Waals surface area contributed by atoms with Crippen molar-refractivity contribution in [2.24, 2.45) is 20.6 Å². The van der Waals surface area contributed by atoms with Crippen molar-refractivity contribution in [3.8, 4) is 0 Å². The SMILES string of the molecule is N#[N+]N=c1c(S(N)(=O)=O)cc(=O)c(=O)c1=NN=N. The molecule has 1 aromatic rings. The van der Waals surface area contributed by atoms with E-state index < -0.39 is 36.5 Å². The second-order valence-electron chi connectivity index (χ2n) is 2.83. The minimum absolute atomic E-state index is 0.421. The maximum absolute atomic E-state index is 11.4. The fourth-order valence-electron chi connectivity index (χ4n) is 1.09. The van der Waals surface area contributed by atoms with Crippen LogP contribution >= 0.6 is 0 Å². The van der Waals surface area contributed by atoms with Crippen molar-refractivity contribution in [1.82, 2.24) is 0 Å². The van der Waals surface area contributed by atoms with E-state index in [2.05, 4.69) is 20.5 Å². The smallest absolute Gasteiger partial charge is 0.285 e. The van der Waals surface area contributed by atoms with E-state index in [4.69, 9.17) is 16.1 Å². The van der Waals surface area contributed by atoms with Crippen molar-refractivity contribution in [2.75, 3.05) is 0 Å². The molecule has 12 heteroatoms. The Balaban J connectivity index is 4.29. The third-order valence-electron chi connectivity index (χ3n) is 1.76. The Morgan fingerprint density at radius 2 is 1.94 bits per heavy atom. The van der Waals surface area contributed by atoms with Gasteiger partial charge in [0.1, 0.15) is 4.90 Å². The van der Waals surface area contributed by atoms with E-state index >= 15 is 0 Å². The van der Waals surface area contributed by atoms with E-state index in [0.717, 1.165) is 0 Å². The summed E-state index contributed by atoms with van der Waals surface area (Å²) in [6.07, 6.45) is 0. The first-order valence-corrected chi connectivity index (χ1v) is 5.58. The standard InChI is InChI=1S/C6H4N7O4S/c7-12-10-4-3(18(9,16)17)1-2(14)6(15)5(4)11-13-8/h1,8H,(H2,9,16,17)/q+1. The Labute approximate surface area is 97.8 Å². The zero-order valence-corrected chi connectivity index (χ0v) is 9.25. The molecule has 0 bridgehead atoms. The molecule has 1 rings (SSSR count). The van der Waals surface area contributed by atoms with Crippen LogP contribution in [0, 0.1) is 10.9 Å². The monoisotopic (exact) mass is 270 g/mol. The molecule has 0 saturated heterocycles. The largest absolute Gasteiger partial charge is 0.339 e. The van der Waals surface area contributed by atoms with Gasteiger partial charge in [-0.3, -0.25) is 9.59 Å². The lowest BCUT2D eigenvalue weighted by atomic mass is 10.3. The third kappa shape index (κ3) is 2.36. The summed E-state index contributed by atoms with van der Waals surface area (Å²) in [5.41, 5.74) is 3.99. The first-order chi connectivity index (χ1) is 8.32. The van der Waals surface area contributed by atoms with Gasteiger partial charge < -0.3 is 0 Å². The fourth-order valence-corrected chi connectivity index (χ4v) is 1.77. The van der Waals surface area contributed by atoms with Crippen molar-refractivity contribution in [1.29, 1.82) is 10.9 Å². The van der Waals surface area contributed by atoms with Gasteiger partial charge in [0.05, 0.1) is 0 Å². The maximum Gasteiger partial charge on any atom is 0.339 e. The van der Waals surface area contributed by atoms with Crippen molar-refractivity contribution in [2.45, 2.75) is 4.90 Å². The molecule has 1 aromatic carbocycles. The molecule has 0 atom stereocenters. The van der Waals surface area contributed by atoms with Crippen LogP contribution in [0.5, 0.6) is 0 Å². The Kier molecular flexibility index (Phi) is 3.50. The summed E-state index contributed by atoms with van der Waals surface area (Å²) >= 11 is 0. The number of benzene rings is 1. The molecular weight excluding hydrogens is 266 g/mol. The lowest BCUT2D eigenvalue weighted by Crippen LogP contribution is -2.50. The zero-order valence-electron chi connectivity index (χ0n) is 8.43. The maximum atomic E-state index is 11.4. The van der Waals surface area contributed by atoms with E-state index in [0.29, 0.717) is 6.07 Å². The van der Waals surface area contributed by atoms with Gasteiger partial charge >= 0.3 is 5.08 Å². The number of nitrogens with two attached hydrogens (primary N) is 1. The van der Waals surface area contributed by atoms with Crippen molar-refractivity contribution < 1.29 is 8.42 Å². The highest BCUT2D eigenvalue weighted by Gasteiger charge is 2.19. The molecule has 0 aliphatic heterocycles. The molecule has 0 spiro atoms. The molecule has 18 heavy (non-hydrogen) atoms. The van der Waals surface area contributed by atoms with Gasteiger partial charge in [-0.25, -0.2) is 13.6 Å². The third-order valence-corrected chi connectivity index (χ3v) is 2.68. The van der Waals surface area contributed by atoms with Crippen LogP contribution in [0.2, 0.25) is 0 Å². The molecule has 0 aliphatic carbocycles. The number of rotatable bonds is 2. The lowest BCUT2D eigenvalue weighted by molar-refractivity contribution is 0.596. The van der Waals surface area contributed by atoms with Gasteiger partial charge in [-0.15, -0.1) is 5.10 Å². The topological polar surface area (TPSA) is 183 Å². The first-order valence-electron chi connectivity index (χ1n) is 4.03. The van der Waals surface area contributed by atoms with Crippen LogP contribution in [-0.2, 0) is 10.0 Å². The van der Waals surface area contributed by atoms with Crippen LogP contribution in [0.25, 0.3) is 5.08 Å². The molecule has 92 valence electrons. The summed E-state index contributed by atoms with van der Waals surface area (Å²) < 4.78 is 22.4. The molecule has 0 aromatic heterocycles. The Morgan fingerprint density at radius 3 is 2.39 bits per heavy atom. The van der Waals surface area contributed by atoms with Crippen molar-refractivity contribution in [3.63, 3.8) is 0 Å². The first kappa shape index (κ1) is 13.4. The van der Waals surface area contributed by atoms with E-state index in [9.17, 15) is 18.0 Å². The second-order valence-corrected chi connectivity index (χ2v) is 4.36. The summed E-state index contributed by atoms with van der Waals surface area (Å²) in [5.74, 6) is 0. The number of hydrogen-bond acceptors (Lipinski definition) is 8. The van der Waals surface area contributed by atoms with Gasteiger partial charge in [0.15, 0.2) is 10.5 Å². The fraction of sp³-hybridized carbons (Fsp3) is 0. The predicted octanol–water partition coefficient (Wildman–Crippen LogP) is -2.55. The van der Waals surface area contributed by atoms with Crippen LogP contribution in [-0.4, -0.2) is 8.42 Å². The Hall–Kier alpha value is -2.65. The number of diazo groups is 1. The van der Waals surface area contributed by atoms with Gasteiger partial charge in [0.2, 0.25) is 20.8 Å².